The van der Waals surface area contributed by atoms with E-state index in [4.69, 9.17) is 0 Å². The van der Waals surface area contributed by atoms with Gasteiger partial charge in [-0.3, -0.25) is 0 Å². The molecule has 0 amide bonds. The summed E-state index contributed by atoms with van der Waals surface area (Å²) >= 11 is 0. The highest BCUT2D eigenvalue weighted by Crippen LogP contribution is 2.18. The van der Waals surface area contributed by atoms with Crippen molar-refractivity contribution in [3.63, 3.8) is 0 Å². The number of imidazole rings is 1. The minimum atomic E-state index is -0.374. The monoisotopic (exact) mass is 229 g/mol. The number of H-pyrrole nitrogens is 1. The minimum Gasteiger partial charge on any atom is -0.342 e. The van der Waals surface area contributed by atoms with Crippen molar-refractivity contribution in [1.82, 2.24) is 9.97 Å². The van der Waals surface area contributed by atoms with E-state index in [-0.39, 0.29) is 5.54 Å². The Hall–Kier alpha value is -1.93. The number of benzene rings is 1. The Balaban J connectivity index is 2.11. The lowest BCUT2D eigenvalue weighted by atomic mass is 9.99. The van der Waals surface area contributed by atoms with Crippen molar-refractivity contribution in [2.24, 2.45) is 4.99 Å². The number of nitrogens with one attached hydrogen (secondary N) is 1. The third-order valence-corrected chi connectivity index (χ3v) is 2.76. The summed E-state index contributed by atoms with van der Waals surface area (Å²) in [5, 5.41) is 0. The van der Waals surface area contributed by atoms with Crippen molar-refractivity contribution in [3.05, 3.63) is 30.1 Å². The summed E-state index contributed by atoms with van der Waals surface area (Å²) in [5.74, 6) is 0.931. The second kappa shape index (κ2) is 4.52. The fraction of sp³-hybridized carbons (Fsp3) is 0.385. The van der Waals surface area contributed by atoms with Gasteiger partial charge in [0.2, 0.25) is 6.08 Å². The number of hydrogen-bond acceptors (Lipinski definition) is 3. The first-order chi connectivity index (χ1) is 8.11. The molecule has 0 radical (unpaired) electrons. The lowest BCUT2D eigenvalue weighted by molar-refractivity contribution is 0.466. The highest BCUT2D eigenvalue weighted by atomic mass is 16.1. The van der Waals surface area contributed by atoms with Crippen LogP contribution in [0.25, 0.3) is 11.0 Å². The topological polar surface area (TPSA) is 58.1 Å². The van der Waals surface area contributed by atoms with Gasteiger partial charge in [0.15, 0.2) is 0 Å². The molecule has 2 aromatic rings. The molecule has 4 heteroatoms. The molecule has 1 heterocycles. The lowest BCUT2D eigenvalue weighted by Crippen LogP contribution is -2.17. The van der Waals surface area contributed by atoms with Crippen molar-refractivity contribution in [2.75, 3.05) is 0 Å². The Kier molecular flexibility index (Phi) is 3.07. The van der Waals surface area contributed by atoms with Gasteiger partial charge in [-0.1, -0.05) is 12.1 Å². The highest BCUT2D eigenvalue weighted by molar-refractivity contribution is 5.74. The van der Waals surface area contributed by atoms with E-state index in [0.717, 1.165) is 29.7 Å². The number of fused-ring (bicyclic) bond motifs is 1. The fourth-order valence-corrected chi connectivity index (χ4v) is 1.73. The van der Waals surface area contributed by atoms with Crippen molar-refractivity contribution < 1.29 is 4.79 Å². The Morgan fingerprint density at radius 3 is 2.88 bits per heavy atom. The molecule has 0 atom stereocenters. The van der Waals surface area contributed by atoms with E-state index in [2.05, 4.69) is 15.0 Å². The number of nitrogens with zero attached hydrogens (tertiary/aromatic N) is 2. The predicted octanol–water partition coefficient (Wildman–Crippen LogP) is 2.61. The maximum Gasteiger partial charge on any atom is 0.235 e. The van der Waals surface area contributed by atoms with E-state index in [1.807, 2.05) is 38.1 Å². The summed E-state index contributed by atoms with van der Waals surface area (Å²) in [5.41, 5.74) is 1.64. The molecule has 0 aliphatic carbocycles. The number of rotatable bonds is 4. The van der Waals surface area contributed by atoms with Gasteiger partial charge in [-0.25, -0.2) is 9.78 Å². The number of aryl methyl sites for hydroxylation is 1. The summed E-state index contributed by atoms with van der Waals surface area (Å²) in [6.45, 7) is 3.83. The second-order valence-electron chi connectivity index (χ2n) is 4.72. The van der Waals surface area contributed by atoms with Crippen LogP contribution in [0, 0.1) is 0 Å². The van der Waals surface area contributed by atoms with Crippen molar-refractivity contribution in [1.29, 1.82) is 0 Å². The van der Waals surface area contributed by atoms with Crippen LogP contribution >= 0.6 is 0 Å². The van der Waals surface area contributed by atoms with Crippen LogP contribution in [0.1, 0.15) is 26.1 Å². The molecule has 0 bridgehead atoms. The Bertz CT molecular complexity index is 532. The molecule has 4 nitrogen and oxygen atoms in total. The van der Waals surface area contributed by atoms with E-state index in [0.29, 0.717) is 0 Å². The summed E-state index contributed by atoms with van der Waals surface area (Å²) in [4.78, 5) is 21.8. The van der Waals surface area contributed by atoms with Gasteiger partial charge in [0.25, 0.3) is 0 Å². The number of para-hydroxylation sites is 2. The van der Waals surface area contributed by atoms with E-state index < -0.39 is 0 Å². The van der Waals surface area contributed by atoms with E-state index >= 15 is 0 Å². The molecule has 0 saturated heterocycles. The zero-order valence-corrected chi connectivity index (χ0v) is 10.0. The molecule has 0 unspecified atom stereocenters. The number of aromatic amines is 1. The molecule has 1 aromatic heterocycles. The normalized spacial score (nSPS) is 11.4. The summed E-state index contributed by atoms with van der Waals surface area (Å²) in [7, 11) is 0. The molecular weight excluding hydrogens is 214 g/mol. The van der Waals surface area contributed by atoms with Crippen LogP contribution in [0.2, 0.25) is 0 Å². The molecule has 2 rings (SSSR count). The number of aliphatic imine (C=N–C) groups is 1. The van der Waals surface area contributed by atoms with Gasteiger partial charge in [-0.2, -0.15) is 4.99 Å². The number of aromatic nitrogens is 2. The van der Waals surface area contributed by atoms with Crippen molar-refractivity contribution in [2.45, 2.75) is 32.2 Å². The Labute approximate surface area is 99.8 Å². The first-order valence-electron chi connectivity index (χ1n) is 5.63. The van der Waals surface area contributed by atoms with Gasteiger partial charge in [0.05, 0.1) is 16.6 Å². The summed E-state index contributed by atoms with van der Waals surface area (Å²) in [6.07, 6.45) is 3.15. The number of isocyanates is 1. The van der Waals surface area contributed by atoms with Gasteiger partial charge in [0, 0.05) is 6.42 Å². The van der Waals surface area contributed by atoms with Crippen LogP contribution in [0.5, 0.6) is 0 Å². The largest absolute Gasteiger partial charge is 0.342 e. The standard InChI is InChI=1S/C13H15N3O/c1-13(2,14-9-17)8-7-12-15-10-5-3-4-6-11(10)16-12/h3-6H,7-8H2,1-2H3,(H,15,16). The molecule has 0 fully saturated rings. The molecule has 0 aliphatic rings. The zero-order chi connectivity index (χ0) is 12.3. The molecule has 0 spiro atoms. The van der Waals surface area contributed by atoms with Gasteiger partial charge in [-0.15, -0.1) is 0 Å². The fourth-order valence-electron chi connectivity index (χ4n) is 1.73. The summed E-state index contributed by atoms with van der Waals surface area (Å²) in [6, 6.07) is 7.92. The molecule has 17 heavy (non-hydrogen) atoms. The average molecular weight is 229 g/mol. The minimum absolute atomic E-state index is 0.374. The van der Waals surface area contributed by atoms with E-state index in [1.165, 1.54) is 0 Å². The SMILES string of the molecule is CC(C)(CCc1nc2ccccc2[nH]1)N=C=O. The van der Waals surface area contributed by atoms with Crippen LogP contribution in [0.3, 0.4) is 0 Å². The van der Waals surface area contributed by atoms with Gasteiger partial charge in [-0.05, 0) is 32.4 Å². The van der Waals surface area contributed by atoms with Crippen LogP contribution in [-0.2, 0) is 11.2 Å². The number of carbonyl (C=O) groups excluding carboxylic acids is 1. The Morgan fingerprint density at radius 1 is 1.41 bits per heavy atom. The molecule has 1 N–H and O–H groups in total. The van der Waals surface area contributed by atoms with E-state index in [9.17, 15) is 4.79 Å². The van der Waals surface area contributed by atoms with Gasteiger partial charge < -0.3 is 4.98 Å². The third-order valence-electron chi connectivity index (χ3n) is 2.76. The van der Waals surface area contributed by atoms with Crippen molar-refractivity contribution >= 4 is 17.1 Å². The maximum atomic E-state index is 10.3. The molecule has 0 aliphatic heterocycles. The van der Waals surface area contributed by atoms with Crippen LogP contribution in [-0.4, -0.2) is 21.6 Å². The summed E-state index contributed by atoms with van der Waals surface area (Å²) < 4.78 is 0. The van der Waals surface area contributed by atoms with Crippen LogP contribution < -0.4 is 0 Å². The lowest BCUT2D eigenvalue weighted by Gasteiger charge is -2.15. The first kappa shape index (κ1) is 11.6. The Morgan fingerprint density at radius 2 is 2.18 bits per heavy atom. The quantitative estimate of drug-likeness (QED) is 0.647. The highest BCUT2D eigenvalue weighted by Gasteiger charge is 2.16. The third kappa shape index (κ3) is 2.80. The van der Waals surface area contributed by atoms with Crippen LogP contribution in [0.4, 0.5) is 0 Å². The molecule has 88 valence electrons. The molecular formula is C13H15N3O. The average Bonchev–Trinajstić information content (AvgIpc) is 2.69. The second-order valence-corrected chi connectivity index (χ2v) is 4.72. The molecule has 1 aromatic carbocycles. The molecule has 0 saturated carbocycles. The van der Waals surface area contributed by atoms with Gasteiger partial charge in [0.1, 0.15) is 5.82 Å². The smallest absolute Gasteiger partial charge is 0.235 e. The maximum absolute atomic E-state index is 10.3. The predicted molar refractivity (Wildman–Crippen MR) is 66.6 cm³/mol. The first-order valence-corrected chi connectivity index (χ1v) is 5.63. The van der Waals surface area contributed by atoms with Crippen molar-refractivity contribution in [3.8, 4) is 0 Å². The van der Waals surface area contributed by atoms with E-state index in [1.54, 1.807) is 6.08 Å². The van der Waals surface area contributed by atoms with Gasteiger partial charge >= 0.3 is 0 Å². The number of hydrogen-bond donors (Lipinski definition) is 1. The van der Waals surface area contributed by atoms with Crippen LogP contribution in [0.15, 0.2) is 29.3 Å². The zero-order valence-electron chi connectivity index (χ0n) is 10.0.